The molecule has 0 spiro atoms. The van der Waals surface area contributed by atoms with Crippen molar-refractivity contribution in [3.05, 3.63) is 24.5 Å². The fourth-order valence-electron chi connectivity index (χ4n) is 1.87. The van der Waals surface area contributed by atoms with E-state index in [0.717, 1.165) is 25.9 Å². The zero-order valence-electron chi connectivity index (χ0n) is 10.2. The van der Waals surface area contributed by atoms with Crippen molar-refractivity contribution in [1.29, 1.82) is 0 Å². The molecule has 1 aliphatic rings. The van der Waals surface area contributed by atoms with Crippen molar-refractivity contribution >= 4 is 17.7 Å². The van der Waals surface area contributed by atoms with Crippen LogP contribution >= 0.6 is 0 Å². The first-order valence-corrected chi connectivity index (χ1v) is 6.06. The number of piperidine rings is 1. The number of aromatic nitrogens is 1. The standard InChI is InChI=1S/C12H17N5O/c13-11(15-10-4-6-14-7-5-10)16-12(18)17-8-2-1-3-9-17/h4-7H,1-3,8-9H2,(H3,13,14,15,16,18). The van der Waals surface area contributed by atoms with Crippen LogP contribution in [0.15, 0.2) is 29.5 Å². The topological polar surface area (TPSA) is 83.6 Å². The highest BCUT2D eigenvalue weighted by Gasteiger charge is 2.16. The summed E-state index contributed by atoms with van der Waals surface area (Å²) in [7, 11) is 0. The van der Waals surface area contributed by atoms with Gasteiger partial charge in [0.05, 0.1) is 5.69 Å². The van der Waals surface area contributed by atoms with Crippen LogP contribution in [0.4, 0.5) is 10.5 Å². The van der Waals surface area contributed by atoms with E-state index in [1.165, 1.54) is 6.42 Å². The lowest BCUT2D eigenvalue weighted by molar-refractivity contribution is 0.191. The number of pyridine rings is 1. The normalized spacial score (nSPS) is 16.4. The molecule has 0 atom stereocenters. The lowest BCUT2D eigenvalue weighted by atomic mass is 10.1. The molecular weight excluding hydrogens is 230 g/mol. The van der Waals surface area contributed by atoms with Gasteiger partial charge in [0, 0.05) is 25.5 Å². The highest BCUT2D eigenvalue weighted by molar-refractivity contribution is 5.96. The minimum absolute atomic E-state index is 0.108. The van der Waals surface area contributed by atoms with Crippen molar-refractivity contribution in [2.24, 2.45) is 10.7 Å². The van der Waals surface area contributed by atoms with Gasteiger partial charge < -0.3 is 10.6 Å². The number of likely N-dealkylation sites (tertiary alicyclic amines) is 1. The third-order valence-electron chi connectivity index (χ3n) is 2.79. The summed E-state index contributed by atoms with van der Waals surface area (Å²) in [6.45, 7) is 1.57. The van der Waals surface area contributed by atoms with Gasteiger partial charge >= 0.3 is 6.03 Å². The smallest absolute Gasteiger partial charge is 0.324 e. The van der Waals surface area contributed by atoms with Crippen LogP contribution in [0.1, 0.15) is 19.3 Å². The summed E-state index contributed by atoms with van der Waals surface area (Å²) in [6, 6.07) is 3.27. The maximum atomic E-state index is 11.8. The molecule has 1 aliphatic heterocycles. The van der Waals surface area contributed by atoms with E-state index in [1.807, 2.05) is 0 Å². The number of hydrogen-bond donors (Lipinski definition) is 2. The molecule has 0 aromatic carbocycles. The van der Waals surface area contributed by atoms with Gasteiger partial charge in [-0.1, -0.05) is 0 Å². The zero-order valence-corrected chi connectivity index (χ0v) is 10.2. The molecular formula is C12H17N5O. The minimum atomic E-state index is -0.176. The van der Waals surface area contributed by atoms with E-state index < -0.39 is 0 Å². The molecule has 2 rings (SSSR count). The van der Waals surface area contributed by atoms with E-state index >= 15 is 0 Å². The summed E-state index contributed by atoms with van der Waals surface area (Å²) in [5.74, 6) is 0.108. The molecule has 0 unspecified atom stereocenters. The third kappa shape index (κ3) is 3.44. The molecule has 96 valence electrons. The first-order valence-electron chi connectivity index (χ1n) is 6.06. The van der Waals surface area contributed by atoms with Crippen LogP contribution in [0.25, 0.3) is 0 Å². The Bertz CT molecular complexity index is 425. The summed E-state index contributed by atoms with van der Waals surface area (Å²) in [5.41, 5.74) is 6.35. The second-order valence-electron chi connectivity index (χ2n) is 4.18. The number of rotatable bonds is 1. The molecule has 1 fully saturated rings. The van der Waals surface area contributed by atoms with E-state index in [9.17, 15) is 4.79 Å². The number of nitrogens with zero attached hydrogens (tertiary/aromatic N) is 3. The second-order valence-corrected chi connectivity index (χ2v) is 4.18. The van der Waals surface area contributed by atoms with E-state index in [-0.39, 0.29) is 12.0 Å². The third-order valence-corrected chi connectivity index (χ3v) is 2.79. The van der Waals surface area contributed by atoms with E-state index in [4.69, 9.17) is 5.73 Å². The zero-order chi connectivity index (χ0) is 12.8. The van der Waals surface area contributed by atoms with Gasteiger partial charge in [0.2, 0.25) is 5.96 Å². The number of amides is 2. The number of nitrogens with two attached hydrogens (primary N) is 1. The quantitative estimate of drug-likeness (QED) is 0.578. The molecule has 0 bridgehead atoms. The molecule has 18 heavy (non-hydrogen) atoms. The number of aliphatic imine (C=N–C) groups is 1. The predicted molar refractivity (Wildman–Crippen MR) is 69.5 cm³/mol. The van der Waals surface area contributed by atoms with Crippen LogP contribution in [0.2, 0.25) is 0 Å². The van der Waals surface area contributed by atoms with E-state index in [2.05, 4.69) is 15.3 Å². The second kappa shape index (κ2) is 6.00. The maximum Gasteiger partial charge on any atom is 0.324 e. The molecule has 0 radical (unpaired) electrons. The lowest BCUT2D eigenvalue weighted by Crippen LogP contribution is -2.47. The Morgan fingerprint density at radius 3 is 2.61 bits per heavy atom. The lowest BCUT2D eigenvalue weighted by Gasteiger charge is -2.26. The molecule has 2 heterocycles. The van der Waals surface area contributed by atoms with Gasteiger partial charge in [-0.3, -0.25) is 10.3 Å². The van der Waals surface area contributed by atoms with Crippen molar-refractivity contribution in [1.82, 2.24) is 15.2 Å². The van der Waals surface area contributed by atoms with Crippen LogP contribution < -0.4 is 11.1 Å². The molecule has 1 aromatic rings. The Hall–Kier alpha value is -2.11. The Balaban J connectivity index is 1.92. The van der Waals surface area contributed by atoms with E-state index in [1.54, 1.807) is 29.4 Å². The van der Waals surface area contributed by atoms with Gasteiger partial charge in [-0.25, -0.2) is 9.79 Å². The van der Waals surface area contributed by atoms with Crippen LogP contribution in [-0.4, -0.2) is 35.0 Å². The van der Waals surface area contributed by atoms with Crippen LogP contribution in [0, 0.1) is 0 Å². The molecule has 3 N–H and O–H groups in total. The summed E-state index contributed by atoms with van der Waals surface area (Å²) < 4.78 is 0. The van der Waals surface area contributed by atoms with Crippen molar-refractivity contribution in [2.75, 3.05) is 13.1 Å². The van der Waals surface area contributed by atoms with Gasteiger partial charge in [0.15, 0.2) is 0 Å². The fraction of sp³-hybridized carbons (Fsp3) is 0.417. The monoisotopic (exact) mass is 247 g/mol. The Kier molecular flexibility index (Phi) is 4.11. The first-order chi connectivity index (χ1) is 8.75. The molecule has 6 nitrogen and oxygen atoms in total. The highest BCUT2D eigenvalue weighted by atomic mass is 16.2. The first kappa shape index (κ1) is 12.3. The van der Waals surface area contributed by atoms with E-state index in [0.29, 0.717) is 5.69 Å². The number of hydrogen-bond acceptors (Lipinski definition) is 3. The van der Waals surface area contributed by atoms with Crippen LogP contribution in [-0.2, 0) is 0 Å². The Morgan fingerprint density at radius 2 is 1.94 bits per heavy atom. The average Bonchev–Trinajstić information content (AvgIpc) is 2.40. The SMILES string of the molecule is NC(=Nc1ccncc1)NC(=O)N1CCCCC1. The molecule has 0 aliphatic carbocycles. The summed E-state index contributed by atoms with van der Waals surface area (Å²) in [5, 5.41) is 2.59. The highest BCUT2D eigenvalue weighted by Crippen LogP contribution is 2.09. The molecule has 2 amide bonds. The molecule has 1 saturated heterocycles. The number of nitrogens with one attached hydrogen (secondary N) is 1. The van der Waals surface area contributed by atoms with Crippen molar-refractivity contribution < 1.29 is 4.79 Å². The van der Waals surface area contributed by atoms with Crippen molar-refractivity contribution in [3.8, 4) is 0 Å². The summed E-state index contributed by atoms with van der Waals surface area (Å²) in [6.07, 6.45) is 6.53. The van der Waals surface area contributed by atoms with Crippen LogP contribution in [0.5, 0.6) is 0 Å². The average molecular weight is 247 g/mol. The van der Waals surface area contributed by atoms with Crippen molar-refractivity contribution in [3.63, 3.8) is 0 Å². The van der Waals surface area contributed by atoms with Gasteiger partial charge in [0.25, 0.3) is 0 Å². The molecule has 1 aromatic heterocycles. The fourth-order valence-corrected chi connectivity index (χ4v) is 1.87. The summed E-state index contributed by atoms with van der Waals surface area (Å²) in [4.78, 5) is 21.6. The number of urea groups is 1. The predicted octanol–water partition coefficient (Wildman–Crippen LogP) is 1.22. The largest absolute Gasteiger partial charge is 0.369 e. The Labute approximate surface area is 106 Å². The van der Waals surface area contributed by atoms with Gasteiger partial charge in [0.1, 0.15) is 0 Å². The number of carbonyl (C=O) groups is 1. The van der Waals surface area contributed by atoms with Gasteiger partial charge in [-0.05, 0) is 31.4 Å². The molecule has 0 saturated carbocycles. The van der Waals surface area contributed by atoms with Gasteiger partial charge in [-0.2, -0.15) is 0 Å². The molecule has 6 heteroatoms. The maximum absolute atomic E-state index is 11.8. The number of guanidine groups is 1. The number of carbonyl (C=O) groups excluding carboxylic acids is 1. The van der Waals surface area contributed by atoms with Crippen molar-refractivity contribution in [2.45, 2.75) is 19.3 Å². The Morgan fingerprint density at radius 1 is 1.28 bits per heavy atom. The minimum Gasteiger partial charge on any atom is -0.369 e. The van der Waals surface area contributed by atoms with Gasteiger partial charge in [-0.15, -0.1) is 0 Å². The summed E-state index contributed by atoms with van der Waals surface area (Å²) >= 11 is 0. The van der Waals surface area contributed by atoms with Crippen LogP contribution in [0.3, 0.4) is 0 Å².